The Morgan fingerprint density at radius 1 is 1.25 bits per heavy atom. The fourth-order valence-electron chi connectivity index (χ4n) is 2.78. The highest BCUT2D eigenvalue weighted by Crippen LogP contribution is 2.32. The van der Waals surface area contributed by atoms with Gasteiger partial charge in [0.1, 0.15) is 6.10 Å². The Labute approximate surface area is 125 Å². The predicted octanol–water partition coefficient (Wildman–Crippen LogP) is 2.87. The monoisotopic (exact) mass is 293 g/mol. The topological polar surface area (TPSA) is 30.5 Å². The summed E-state index contributed by atoms with van der Waals surface area (Å²) in [4.78, 5) is 0. The molecule has 2 heterocycles. The lowest BCUT2D eigenvalue weighted by atomic mass is 9.97. The van der Waals surface area contributed by atoms with Crippen LogP contribution in [0.4, 0.5) is 0 Å². The molecule has 0 radical (unpaired) electrons. The highest BCUT2D eigenvalue weighted by atomic mass is 32.2. The molecule has 1 aromatic rings. The molecule has 110 valence electrons. The second-order valence-electron chi connectivity index (χ2n) is 5.61. The second-order valence-corrected chi connectivity index (χ2v) is 6.69. The molecule has 2 fully saturated rings. The fraction of sp³-hybridized carbons (Fsp3) is 0.625. The minimum Gasteiger partial charge on any atom is -0.493 e. The summed E-state index contributed by atoms with van der Waals surface area (Å²) < 4.78 is 11.4. The molecule has 0 aliphatic carbocycles. The molecular weight excluding hydrogens is 270 g/mol. The van der Waals surface area contributed by atoms with Gasteiger partial charge in [-0.2, -0.15) is 11.8 Å². The summed E-state index contributed by atoms with van der Waals surface area (Å²) in [5.41, 5.74) is 1.34. The third-order valence-corrected chi connectivity index (χ3v) is 5.24. The van der Waals surface area contributed by atoms with Crippen molar-refractivity contribution in [2.45, 2.75) is 37.8 Å². The molecular formula is C16H23NO2S. The van der Waals surface area contributed by atoms with Crippen molar-refractivity contribution in [3.05, 3.63) is 23.8 Å². The van der Waals surface area contributed by atoms with Crippen LogP contribution in [-0.4, -0.2) is 37.3 Å². The van der Waals surface area contributed by atoms with E-state index in [9.17, 15) is 0 Å². The van der Waals surface area contributed by atoms with Crippen LogP contribution in [0.5, 0.6) is 11.5 Å². The van der Waals surface area contributed by atoms with Crippen LogP contribution in [0.1, 0.15) is 24.8 Å². The Balaban J connectivity index is 1.68. The quantitative estimate of drug-likeness (QED) is 0.904. The van der Waals surface area contributed by atoms with Crippen LogP contribution >= 0.6 is 11.8 Å². The van der Waals surface area contributed by atoms with Crippen molar-refractivity contribution in [3.8, 4) is 11.5 Å². The summed E-state index contributed by atoms with van der Waals surface area (Å²) in [6.07, 6.45) is 5.38. The number of thioether (sulfide) groups is 1. The van der Waals surface area contributed by atoms with Crippen LogP contribution in [0, 0.1) is 0 Å². The zero-order chi connectivity index (χ0) is 13.8. The van der Waals surface area contributed by atoms with Crippen molar-refractivity contribution in [1.82, 2.24) is 5.32 Å². The normalized spacial score (nSPS) is 23.1. The number of ether oxygens (including phenoxy) is 2. The highest BCUT2D eigenvalue weighted by molar-refractivity contribution is 8.00. The molecule has 1 atom stereocenters. The summed E-state index contributed by atoms with van der Waals surface area (Å²) >= 11 is 1.93. The largest absolute Gasteiger partial charge is 0.493 e. The summed E-state index contributed by atoms with van der Waals surface area (Å²) in [6.45, 7) is 1.16. The van der Waals surface area contributed by atoms with E-state index in [0.717, 1.165) is 36.0 Å². The fourth-order valence-corrected chi connectivity index (χ4v) is 3.35. The highest BCUT2D eigenvalue weighted by Gasteiger charge is 2.22. The van der Waals surface area contributed by atoms with Gasteiger partial charge < -0.3 is 14.8 Å². The molecule has 0 aromatic heterocycles. The molecule has 20 heavy (non-hydrogen) atoms. The summed E-state index contributed by atoms with van der Waals surface area (Å²) in [7, 11) is 1.71. The number of nitrogens with one attached hydrogen (secondary N) is 1. The molecule has 1 unspecified atom stereocenters. The van der Waals surface area contributed by atoms with Crippen molar-refractivity contribution in [2.24, 2.45) is 0 Å². The van der Waals surface area contributed by atoms with Gasteiger partial charge >= 0.3 is 0 Å². The maximum Gasteiger partial charge on any atom is 0.161 e. The molecule has 0 amide bonds. The van der Waals surface area contributed by atoms with E-state index in [0.29, 0.717) is 12.1 Å². The van der Waals surface area contributed by atoms with Gasteiger partial charge in [0.15, 0.2) is 11.5 Å². The average Bonchev–Trinajstić information content (AvgIpc) is 2.44. The molecule has 0 bridgehead atoms. The Morgan fingerprint density at radius 3 is 2.80 bits per heavy atom. The van der Waals surface area contributed by atoms with Gasteiger partial charge in [-0.15, -0.1) is 0 Å². The van der Waals surface area contributed by atoms with Gasteiger partial charge in [-0.25, -0.2) is 0 Å². The first-order chi connectivity index (χ1) is 9.85. The van der Waals surface area contributed by atoms with Crippen LogP contribution in [0.3, 0.4) is 0 Å². The number of hydrogen-bond acceptors (Lipinski definition) is 4. The molecule has 1 aromatic carbocycles. The average molecular weight is 293 g/mol. The Hall–Kier alpha value is -0.870. The lowest BCUT2D eigenvalue weighted by molar-refractivity contribution is 0.228. The number of hydrogen-bond donors (Lipinski definition) is 1. The first-order valence-corrected chi connectivity index (χ1v) is 8.65. The third-order valence-electron chi connectivity index (χ3n) is 4.02. The molecule has 0 spiro atoms. The van der Waals surface area contributed by atoms with E-state index in [1.54, 1.807) is 7.11 Å². The Kier molecular flexibility index (Phi) is 4.73. The number of piperidine rings is 1. The van der Waals surface area contributed by atoms with Crippen LogP contribution in [0.15, 0.2) is 18.2 Å². The van der Waals surface area contributed by atoms with E-state index in [4.69, 9.17) is 9.47 Å². The van der Waals surface area contributed by atoms with E-state index in [1.807, 2.05) is 17.8 Å². The molecule has 2 aliphatic rings. The minimum absolute atomic E-state index is 0.358. The first-order valence-electron chi connectivity index (χ1n) is 7.50. The van der Waals surface area contributed by atoms with Gasteiger partial charge in [-0.05, 0) is 43.5 Å². The lowest BCUT2D eigenvalue weighted by Crippen LogP contribution is -2.35. The molecule has 3 nitrogen and oxygen atoms in total. The number of benzene rings is 1. The summed E-state index contributed by atoms with van der Waals surface area (Å²) in [5.74, 6) is 3.95. The minimum atomic E-state index is 0.358. The SMILES string of the molecule is COc1ccc(CC2CCCCN2)cc1OC1CSC1. The van der Waals surface area contributed by atoms with Crippen molar-refractivity contribution >= 4 is 11.8 Å². The zero-order valence-corrected chi connectivity index (χ0v) is 12.9. The van der Waals surface area contributed by atoms with Crippen molar-refractivity contribution in [1.29, 1.82) is 0 Å². The van der Waals surface area contributed by atoms with Crippen molar-refractivity contribution in [3.63, 3.8) is 0 Å². The van der Waals surface area contributed by atoms with Crippen molar-refractivity contribution < 1.29 is 9.47 Å². The molecule has 1 N–H and O–H groups in total. The van der Waals surface area contributed by atoms with Gasteiger partial charge in [-0.3, -0.25) is 0 Å². The summed E-state index contributed by atoms with van der Waals surface area (Å²) in [6, 6.07) is 6.98. The molecule has 2 aliphatic heterocycles. The van der Waals surface area contributed by atoms with Crippen LogP contribution in [0.2, 0.25) is 0 Å². The smallest absolute Gasteiger partial charge is 0.161 e. The standard InChI is InChI=1S/C16H23NO2S/c1-18-15-6-5-12(8-13-4-2-3-7-17-13)9-16(15)19-14-10-20-11-14/h5-6,9,13-14,17H,2-4,7-8,10-11H2,1H3. The zero-order valence-electron chi connectivity index (χ0n) is 12.1. The number of methoxy groups -OCH3 is 1. The molecule has 4 heteroatoms. The van der Waals surface area contributed by atoms with Crippen LogP contribution in [0.25, 0.3) is 0 Å². The van der Waals surface area contributed by atoms with E-state index in [-0.39, 0.29) is 0 Å². The Morgan fingerprint density at radius 2 is 2.15 bits per heavy atom. The lowest BCUT2D eigenvalue weighted by Gasteiger charge is -2.27. The van der Waals surface area contributed by atoms with Gasteiger partial charge in [0.25, 0.3) is 0 Å². The van der Waals surface area contributed by atoms with E-state index < -0.39 is 0 Å². The van der Waals surface area contributed by atoms with Gasteiger partial charge in [0, 0.05) is 17.5 Å². The first kappa shape index (κ1) is 14.1. The van der Waals surface area contributed by atoms with Gasteiger partial charge in [0.2, 0.25) is 0 Å². The van der Waals surface area contributed by atoms with E-state index in [1.165, 1.54) is 24.8 Å². The van der Waals surface area contributed by atoms with Crippen LogP contribution < -0.4 is 14.8 Å². The second kappa shape index (κ2) is 6.72. The van der Waals surface area contributed by atoms with E-state index >= 15 is 0 Å². The Bertz CT molecular complexity index is 442. The molecule has 0 saturated carbocycles. The van der Waals surface area contributed by atoms with Gasteiger partial charge in [0.05, 0.1) is 7.11 Å². The van der Waals surface area contributed by atoms with E-state index in [2.05, 4.69) is 17.4 Å². The number of rotatable bonds is 5. The predicted molar refractivity (Wildman–Crippen MR) is 84.1 cm³/mol. The summed E-state index contributed by atoms with van der Waals surface area (Å²) in [5, 5.41) is 3.60. The van der Waals surface area contributed by atoms with Crippen molar-refractivity contribution in [2.75, 3.05) is 25.2 Å². The van der Waals surface area contributed by atoms with Gasteiger partial charge in [-0.1, -0.05) is 12.5 Å². The molecule has 2 saturated heterocycles. The van der Waals surface area contributed by atoms with Crippen LogP contribution in [-0.2, 0) is 6.42 Å². The maximum absolute atomic E-state index is 6.04. The third kappa shape index (κ3) is 3.41. The maximum atomic E-state index is 6.04. The molecule has 3 rings (SSSR count).